The first-order valence-electron chi connectivity index (χ1n) is 6.15. The van der Waals surface area contributed by atoms with Crippen LogP contribution in [0.1, 0.15) is 26.7 Å². The molecule has 2 amide bonds. The summed E-state index contributed by atoms with van der Waals surface area (Å²) in [6, 6.07) is -1.54. The molecule has 0 aromatic heterocycles. The van der Waals surface area contributed by atoms with Crippen LogP contribution in [0, 0.1) is 0 Å². The van der Waals surface area contributed by atoms with Crippen LogP contribution in [0.25, 0.3) is 0 Å². The zero-order valence-corrected chi connectivity index (χ0v) is 12.1. The van der Waals surface area contributed by atoms with Crippen molar-refractivity contribution < 1.29 is 27.9 Å². The lowest BCUT2D eigenvalue weighted by molar-refractivity contribution is -0.140. The van der Waals surface area contributed by atoms with Crippen LogP contribution < -0.4 is 10.6 Å². The molecule has 1 saturated carbocycles. The Morgan fingerprint density at radius 3 is 2.25 bits per heavy atom. The van der Waals surface area contributed by atoms with Crippen molar-refractivity contribution in [1.29, 1.82) is 0 Å². The van der Waals surface area contributed by atoms with Gasteiger partial charge >= 0.3 is 5.97 Å². The van der Waals surface area contributed by atoms with E-state index in [1.54, 1.807) is 0 Å². The predicted octanol–water partition coefficient (Wildman–Crippen LogP) is -1.34. The van der Waals surface area contributed by atoms with Crippen LogP contribution in [-0.4, -0.2) is 54.4 Å². The van der Waals surface area contributed by atoms with Gasteiger partial charge in [-0.15, -0.1) is 0 Å². The van der Waals surface area contributed by atoms with Crippen LogP contribution in [0.2, 0.25) is 0 Å². The molecule has 9 heteroatoms. The fourth-order valence-electron chi connectivity index (χ4n) is 1.51. The summed E-state index contributed by atoms with van der Waals surface area (Å²) in [7, 11) is -3.97. The minimum absolute atomic E-state index is 0.0192. The van der Waals surface area contributed by atoms with Crippen LogP contribution in [0.4, 0.5) is 0 Å². The molecule has 0 saturated heterocycles. The highest BCUT2D eigenvalue weighted by atomic mass is 32.2. The molecule has 0 aromatic carbocycles. The standard InChI is InChI=1S/C11H18N2O6S/c1-6(10(15)13-8-3-4-8)20(18,19)5-9(11(16)17)12-7(2)14/h6,8-9H,3-5H2,1-2H3,(H,12,14)(H,13,15)(H,16,17)/t6?,9-/m0/s1. The predicted molar refractivity (Wildman–Crippen MR) is 69.7 cm³/mol. The number of sulfone groups is 1. The maximum atomic E-state index is 12.0. The number of carbonyl (C=O) groups excluding carboxylic acids is 2. The van der Waals surface area contributed by atoms with Crippen molar-refractivity contribution in [3.8, 4) is 0 Å². The summed E-state index contributed by atoms with van der Waals surface area (Å²) >= 11 is 0. The van der Waals surface area contributed by atoms with E-state index in [0.29, 0.717) is 0 Å². The Hall–Kier alpha value is -1.64. The van der Waals surface area contributed by atoms with Crippen molar-refractivity contribution >= 4 is 27.6 Å². The van der Waals surface area contributed by atoms with Gasteiger partial charge < -0.3 is 15.7 Å². The molecule has 2 atom stereocenters. The van der Waals surface area contributed by atoms with E-state index in [1.165, 1.54) is 6.92 Å². The van der Waals surface area contributed by atoms with Crippen LogP contribution in [-0.2, 0) is 24.2 Å². The lowest BCUT2D eigenvalue weighted by Gasteiger charge is -2.17. The van der Waals surface area contributed by atoms with Crippen molar-refractivity contribution in [2.45, 2.75) is 44.0 Å². The Bertz CT molecular complexity index is 511. The number of carbonyl (C=O) groups is 3. The molecule has 0 radical (unpaired) electrons. The molecule has 1 aliphatic carbocycles. The van der Waals surface area contributed by atoms with Gasteiger partial charge in [-0.2, -0.15) is 0 Å². The van der Waals surface area contributed by atoms with Gasteiger partial charge in [0.2, 0.25) is 11.8 Å². The smallest absolute Gasteiger partial charge is 0.327 e. The monoisotopic (exact) mass is 306 g/mol. The first-order chi connectivity index (χ1) is 9.13. The molecule has 1 aliphatic rings. The van der Waals surface area contributed by atoms with E-state index >= 15 is 0 Å². The molecule has 0 spiro atoms. The highest BCUT2D eigenvalue weighted by molar-refractivity contribution is 7.92. The SMILES string of the molecule is CC(=O)N[C@@H](CS(=O)(=O)C(C)C(=O)NC1CC1)C(=O)O. The highest BCUT2D eigenvalue weighted by Crippen LogP contribution is 2.19. The lowest BCUT2D eigenvalue weighted by Crippen LogP contribution is -2.48. The quantitative estimate of drug-likeness (QED) is 0.533. The van der Waals surface area contributed by atoms with Crippen LogP contribution in [0.3, 0.4) is 0 Å². The van der Waals surface area contributed by atoms with E-state index in [-0.39, 0.29) is 6.04 Å². The minimum atomic E-state index is -3.97. The third-order valence-electron chi connectivity index (χ3n) is 2.91. The number of amides is 2. The molecular weight excluding hydrogens is 288 g/mol. The second-order valence-electron chi connectivity index (χ2n) is 4.85. The first kappa shape index (κ1) is 16.4. The zero-order valence-electron chi connectivity index (χ0n) is 11.3. The minimum Gasteiger partial charge on any atom is -0.480 e. The number of hydrogen-bond donors (Lipinski definition) is 3. The zero-order chi connectivity index (χ0) is 15.5. The molecular formula is C11H18N2O6S. The number of carboxylic acids is 1. The summed E-state index contributed by atoms with van der Waals surface area (Å²) in [6.07, 6.45) is 1.64. The van der Waals surface area contributed by atoms with E-state index < -0.39 is 44.7 Å². The number of nitrogens with one attached hydrogen (secondary N) is 2. The summed E-state index contributed by atoms with van der Waals surface area (Å²) in [6.45, 7) is 2.30. The van der Waals surface area contributed by atoms with Gasteiger partial charge in [0.15, 0.2) is 9.84 Å². The summed E-state index contributed by atoms with van der Waals surface area (Å²) in [5.74, 6) is -3.57. The van der Waals surface area contributed by atoms with Crippen molar-refractivity contribution in [2.75, 3.05) is 5.75 Å². The van der Waals surface area contributed by atoms with E-state index in [0.717, 1.165) is 19.8 Å². The van der Waals surface area contributed by atoms with E-state index in [4.69, 9.17) is 5.11 Å². The Morgan fingerprint density at radius 1 is 1.30 bits per heavy atom. The van der Waals surface area contributed by atoms with Crippen molar-refractivity contribution in [3.63, 3.8) is 0 Å². The van der Waals surface area contributed by atoms with Gasteiger partial charge in [-0.05, 0) is 19.8 Å². The highest BCUT2D eigenvalue weighted by Gasteiger charge is 2.35. The summed E-state index contributed by atoms with van der Waals surface area (Å²) in [4.78, 5) is 33.5. The molecule has 0 bridgehead atoms. The molecule has 114 valence electrons. The molecule has 0 aromatic rings. The number of aliphatic carboxylic acids is 1. The van der Waals surface area contributed by atoms with E-state index in [2.05, 4.69) is 5.32 Å². The molecule has 1 fully saturated rings. The van der Waals surface area contributed by atoms with Crippen molar-refractivity contribution in [3.05, 3.63) is 0 Å². The Kier molecular flexibility index (Phi) is 5.09. The van der Waals surface area contributed by atoms with Gasteiger partial charge in [0, 0.05) is 13.0 Å². The summed E-state index contributed by atoms with van der Waals surface area (Å²) in [5.41, 5.74) is 0. The van der Waals surface area contributed by atoms with Crippen LogP contribution in [0.5, 0.6) is 0 Å². The molecule has 0 heterocycles. The topological polar surface area (TPSA) is 130 Å². The molecule has 20 heavy (non-hydrogen) atoms. The van der Waals surface area contributed by atoms with Crippen molar-refractivity contribution in [1.82, 2.24) is 10.6 Å². The summed E-state index contributed by atoms with van der Waals surface area (Å²) < 4.78 is 24.0. The average Bonchev–Trinajstić information content (AvgIpc) is 3.09. The van der Waals surface area contributed by atoms with Gasteiger partial charge in [0.25, 0.3) is 0 Å². The molecule has 0 aliphatic heterocycles. The number of carboxylic acid groups (broad SMARTS) is 1. The Balaban J connectivity index is 2.71. The maximum Gasteiger partial charge on any atom is 0.327 e. The van der Waals surface area contributed by atoms with Gasteiger partial charge in [0.1, 0.15) is 11.3 Å². The van der Waals surface area contributed by atoms with E-state index in [9.17, 15) is 22.8 Å². The van der Waals surface area contributed by atoms with Crippen LogP contribution >= 0.6 is 0 Å². The number of rotatable bonds is 7. The second kappa shape index (κ2) is 6.21. The van der Waals surface area contributed by atoms with E-state index in [1.807, 2.05) is 5.32 Å². The average molecular weight is 306 g/mol. The van der Waals surface area contributed by atoms with Gasteiger partial charge in [0.05, 0.1) is 5.75 Å². The lowest BCUT2D eigenvalue weighted by atomic mass is 10.3. The Morgan fingerprint density at radius 2 is 1.85 bits per heavy atom. The fourth-order valence-corrected chi connectivity index (χ4v) is 2.88. The normalized spacial score (nSPS) is 17.9. The Labute approximate surface area is 116 Å². The third kappa shape index (κ3) is 4.80. The van der Waals surface area contributed by atoms with Gasteiger partial charge in [-0.3, -0.25) is 9.59 Å². The molecule has 1 unspecified atom stereocenters. The third-order valence-corrected chi connectivity index (χ3v) is 5.00. The molecule has 1 rings (SSSR count). The van der Waals surface area contributed by atoms with Crippen molar-refractivity contribution in [2.24, 2.45) is 0 Å². The number of hydrogen-bond acceptors (Lipinski definition) is 5. The van der Waals surface area contributed by atoms with Gasteiger partial charge in [-0.1, -0.05) is 0 Å². The largest absolute Gasteiger partial charge is 0.480 e. The molecule has 8 nitrogen and oxygen atoms in total. The van der Waals surface area contributed by atoms with Crippen LogP contribution in [0.15, 0.2) is 0 Å². The first-order valence-corrected chi connectivity index (χ1v) is 7.87. The fraction of sp³-hybridized carbons (Fsp3) is 0.727. The molecule has 3 N–H and O–H groups in total. The maximum absolute atomic E-state index is 12.0. The summed E-state index contributed by atoms with van der Waals surface area (Å²) in [5, 5.41) is 12.1. The second-order valence-corrected chi connectivity index (χ2v) is 7.21. The van der Waals surface area contributed by atoms with Gasteiger partial charge in [-0.25, -0.2) is 13.2 Å².